The zero-order valence-corrected chi connectivity index (χ0v) is 12.6. The summed E-state index contributed by atoms with van der Waals surface area (Å²) in [5, 5.41) is 19.7. The maximum atomic E-state index is 11.2. The van der Waals surface area contributed by atoms with Crippen LogP contribution in [0.25, 0.3) is 0 Å². The molecule has 1 N–H and O–H groups in total. The normalized spacial score (nSPS) is 10.2. The fraction of sp³-hybridized carbons (Fsp3) is 0. The van der Waals surface area contributed by atoms with Crippen molar-refractivity contribution in [2.45, 2.75) is 0 Å². The van der Waals surface area contributed by atoms with E-state index in [1.165, 1.54) is 0 Å². The van der Waals surface area contributed by atoms with Crippen LogP contribution in [0.15, 0.2) is 40.9 Å². The number of hydrogen-bond acceptors (Lipinski definition) is 4. The average Bonchev–Trinajstić information content (AvgIpc) is 2.42. The van der Waals surface area contributed by atoms with Crippen molar-refractivity contribution in [2.75, 3.05) is 0 Å². The van der Waals surface area contributed by atoms with Crippen LogP contribution in [-0.2, 0) is 0 Å². The molecular weight excluding hydrogens is 366 g/mol. The summed E-state index contributed by atoms with van der Waals surface area (Å²) in [5.74, 6) is -1.15. The summed E-state index contributed by atoms with van der Waals surface area (Å²) in [6, 6.07) is 8.57. The van der Waals surface area contributed by atoms with Crippen LogP contribution in [0.4, 0.5) is 5.69 Å². The molecule has 0 saturated heterocycles. The molecule has 6 nitrogen and oxygen atoms in total. The van der Waals surface area contributed by atoms with Crippen LogP contribution in [-0.4, -0.2) is 16.0 Å². The summed E-state index contributed by atoms with van der Waals surface area (Å²) in [7, 11) is 0. The van der Waals surface area contributed by atoms with Gasteiger partial charge in [-0.05, 0) is 24.3 Å². The number of benzene rings is 2. The summed E-state index contributed by atoms with van der Waals surface area (Å²) in [6.45, 7) is 0. The Bertz CT molecular complexity index is 717. The van der Waals surface area contributed by atoms with Crippen molar-refractivity contribution in [1.29, 1.82) is 0 Å². The molecule has 0 bridgehead atoms. The molecule has 0 amide bonds. The van der Waals surface area contributed by atoms with Crippen molar-refractivity contribution in [3.63, 3.8) is 0 Å². The number of nitrogens with zero attached hydrogens (tertiary/aromatic N) is 1. The van der Waals surface area contributed by atoms with Gasteiger partial charge in [-0.15, -0.1) is 0 Å². The van der Waals surface area contributed by atoms with E-state index < -0.39 is 16.6 Å². The molecule has 21 heavy (non-hydrogen) atoms. The molecular formula is C13H7BrClNO5. The van der Waals surface area contributed by atoms with Crippen molar-refractivity contribution in [3.8, 4) is 11.5 Å². The summed E-state index contributed by atoms with van der Waals surface area (Å²) in [5.41, 5.74) is -0.794. The van der Waals surface area contributed by atoms with Crippen LogP contribution in [0.3, 0.4) is 0 Å². The first-order valence-corrected chi connectivity index (χ1v) is 6.70. The van der Waals surface area contributed by atoms with Crippen molar-refractivity contribution in [1.82, 2.24) is 0 Å². The quantitative estimate of drug-likeness (QED) is 0.630. The van der Waals surface area contributed by atoms with Crippen molar-refractivity contribution >= 4 is 39.2 Å². The Morgan fingerprint density at radius 3 is 2.43 bits per heavy atom. The molecule has 0 atom stereocenters. The van der Waals surface area contributed by atoms with Crippen LogP contribution in [0.2, 0.25) is 5.02 Å². The van der Waals surface area contributed by atoms with Gasteiger partial charge < -0.3 is 9.84 Å². The van der Waals surface area contributed by atoms with Crippen LogP contribution < -0.4 is 4.74 Å². The van der Waals surface area contributed by atoms with Gasteiger partial charge in [0, 0.05) is 16.6 Å². The lowest BCUT2D eigenvalue weighted by Gasteiger charge is -2.10. The SMILES string of the molecule is O=C(O)c1cc([N+](=O)[O-])cc(Cl)c1Oc1ccc(Br)cc1. The Morgan fingerprint density at radius 1 is 1.29 bits per heavy atom. The van der Waals surface area contributed by atoms with Crippen molar-refractivity contribution in [2.24, 2.45) is 0 Å². The first-order chi connectivity index (χ1) is 9.88. The number of aromatic carboxylic acids is 1. The molecule has 8 heteroatoms. The van der Waals surface area contributed by atoms with Crippen molar-refractivity contribution < 1.29 is 19.6 Å². The number of carboxylic acids is 1. The average molecular weight is 373 g/mol. The van der Waals surface area contributed by atoms with Gasteiger partial charge in [0.15, 0.2) is 5.75 Å². The molecule has 0 aromatic heterocycles. The number of non-ortho nitro benzene ring substituents is 1. The summed E-state index contributed by atoms with van der Waals surface area (Å²) in [4.78, 5) is 21.2. The second kappa shape index (κ2) is 6.11. The van der Waals surface area contributed by atoms with Crippen molar-refractivity contribution in [3.05, 3.63) is 61.6 Å². The Morgan fingerprint density at radius 2 is 1.90 bits per heavy atom. The van der Waals surface area contributed by atoms with Gasteiger partial charge in [-0.2, -0.15) is 0 Å². The Balaban J connectivity index is 2.49. The number of ether oxygens (including phenoxy) is 1. The third-order valence-electron chi connectivity index (χ3n) is 2.50. The predicted octanol–water partition coefficient (Wildman–Crippen LogP) is 4.50. The molecule has 0 aliphatic heterocycles. The molecule has 0 radical (unpaired) electrons. The summed E-state index contributed by atoms with van der Waals surface area (Å²) >= 11 is 9.16. The molecule has 0 unspecified atom stereocenters. The Hall–Kier alpha value is -2.12. The van der Waals surface area contributed by atoms with Crippen LogP contribution in [0.5, 0.6) is 11.5 Å². The maximum absolute atomic E-state index is 11.2. The van der Waals surface area contributed by atoms with E-state index in [0.29, 0.717) is 5.75 Å². The summed E-state index contributed by atoms with van der Waals surface area (Å²) in [6.07, 6.45) is 0. The second-order valence-electron chi connectivity index (χ2n) is 3.92. The lowest BCUT2D eigenvalue weighted by atomic mass is 10.1. The molecule has 0 spiro atoms. The Kier molecular flexibility index (Phi) is 4.44. The zero-order chi connectivity index (χ0) is 15.6. The van der Waals surface area contributed by atoms with E-state index in [4.69, 9.17) is 21.4 Å². The van der Waals surface area contributed by atoms with Crippen LogP contribution in [0, 0.1) is 10.1 Å². The van der Waals surface area contributed by atoms with E-state index >= 15 is 0 Å². The predicted molar refractivity (Wildman–Crippen MR) is 79.3 cm³/mol. The fourth-order valence-electron chi connectivity index (χ4n) is 1.57. The number of rotatable bonds is 4. The first kappa shape index (κ1) is 15.3. The minimum Gasteiger partial charge on any atom is -0.478 e. The number of hydrogen-bond donors (Lipinski definition) is 1. The highest BCUT2D eigenvalue weighted by atomic mass is 79.9. The van der Waals surface area contributed by atoms with E-state index in [0.717, 1.165) is 16.6 Å². The topological polar surface area (TPSA) is 89.7 Å². The van der Waals surface area contributed by atoms with Gasteiger partial charge in [0.05, 0.1) is 9.95 Å². The lowest BCUT2D eigenvalue weighted by Crippen LogP contribution is -2.02. The van der Waals surface area contributed by atoms with Gasteiger partial charge in [-0.3, -0.25) is 10.1 Å². The third kappa shape index (κ3) is 3.50. The number of carbonyl (C=O) groups is 1. The smallest absolute Gasteiger partial charge is 0.339 e. The molecule has 2 rings (SSSR count). The van der Waals surface area contributed by atoms with E-state index in [-0.39, 0.29) is 16.3 Å². The van der Waals surface area contributed by atoms with E-state index in [2.05, 4.69) is 15.9 Å². The number of carboxylic acid groups (broad SMARTS) is 1. The minimum atomic E-state index is -1.37. The highest BCUT2D eigenvalue weighted by Gasteiger charge is 2.21. The third-order valence-corrected chi connectivity index (χ3v) is 3.31. The van der Waals surface area contributed by atoms with Gasteiger partial charge in [-0.25, -0.2) is 4.79 Å². The van der Waals surface area contributed by atoms with Gasteiger partial charge in [-0.1, -0.05) is 27.5 Å². The van der Waals surface area contributed by atoms with E-state index in [9.17, 15) is 14.9 Å². The number of nitro benzene ring substituents is 1. The number of halogens is 2. The standard InChI is InChI=1S/C13H7BrClNO5/c14-7-1-3-9(4-2-7)21-12-10(13(17)18)5-8(16(19)20)6-11(12)15/h1-6H,(H,17,18). The molecule has 0 aliphatic carbocycles. The first-order valence-electron chi connectivity index (χ1n) is 5.53. The molecule has 0 heterocycles. The molecule has 108 valence electrons. The van der Waals surface area contributed by atoms with Crippen LogP contribution in [0.1, 0.15) is 10.4 Å². The van der Waals surface area contributed by atoms with E-state index in [1.807, 2.05) is 0 Å². The van der Waals surface area contributed by atoms with E-state index in [1.54, 1.807) is 24.3 Å². The Labute approximate surface area is 132 Å². The monoisotopic (exact) mass is 371 g/mol. The lowest BCUT2D eigenvalue weighted by molar-refractivity contribution is -0.384. The fourth-order valence-corrected chi connectivity index (χ4v) is 2.08. The van der Waals surface area contributed by atoms with Gasteiger partial charge in [0.2, 0.25) is 0 Å². The molecule has 0 fully saturated rings. The zero-order valence-electron chi connectivity index (χ0n) is 10.2. The second-order valence-corrected chi connectivity index (χ2v) is 5.25. The van der Waals surface area contributed by atoms with Gasteiger partial charge in [0.25, 0.3) is 5.69 Å². The largest absolute Gasteiger partial charge is 0.478 e. The molecule has 0 saturated carbocycles. The highest BCUT2D eigenvalue weighted by molar-refractivity contribution is 9.10. The number of nitro groups is 1. The molecule has 2 aromatic rings. The molecule has 2 aromatic carbocycles. The van der Waals surface area contributed by atoms with Gasteiger partial charge in [0.1, 0.15) is 11.3 Å². The minimum absolute atomic E-state index is 0.142. The molecule has 0 aliphatic rings. The summed E-state index contributed by atoms with van der Waals surface area (Å²) < 4.78 is 6.26. The maximum Gasteiger partial charge on any atom is 0.339 e. The van der Waals surface area contributed by atoms with Crippen LogP contribution >= 0.6 is 27.5 Å². The van der Waals surface area contributed by atoms with Gasteiger partial charge >= 0.3 is 5.97 Å². The highest BCUT2D eigenvalue weighted by Crippen LogP contribution is 2.36.